The second kappa shape index (κ2) is 11.0. The summed E-state index contributed by atoms with van der Waals surface area (Å²) in [6.45, 7) is 0. The topological polar surface area (TPSA) is 25.7 Å². The quantitative estimate of drug-likeness (QED) is 0.181. The Hall–Kier alpha value is -7.56. The molecule has 4 aromatic heterocycles. The Morgan fingerprint density at radius 3 is 1.91 bits per heavy atom. The second-order valence-corrected chi connectivity index (χ2v) is 14.9. The van der Waals surface area contributed by atoms with Crippen molar-refractivity contribution in [3.8, 4) is 5.69 Å². The van der Waals surface area contributed by atoms with Crippen LogP contribution in [0, 0.1) is 0 Å². The van der Waals surface area contributed by atoms with Crippen LogP contribution in [0.5, 0.6) is 0 Å². The number of furan rings is 1. The van der Waals surface area contributed by atoms with Gasteiger partial charge in [-0.15, -0.1) is 0 Å². The second-order valence-electron chi connectivity index (χ2n) is 14.9. The molecule has 0 amide bonds. The molecule has 0 aliphatic rings. The monoisotopic (exact) mass is 713 g/mol. The van der Waals surface area contributed by atoms with Crippen LogP contribution in [0.3, 0.4) is 0 Å². The molecule has 9 aromatic carbocycles. The van der Waals surface area contributed by atoms with Crippen LogP contribution in [0.1, 0.15) is 0 Å². The number of hydrogen-bond acceptors (Lipinski definition) is 2. The van der Waals surface area contributed by atoms with E-state index in [0.717, 1.165) is 44.7 Å². The fraction of sp³-hybridized carbons (Fsp3) is 0. The average molecular weight is 714 g/mol. The zero-order valence-corrected chi connectivity index (χ0v) is 30.1. The Balaban J connectivity index is 1.07. The van der Waals surface area contributed by atoms with Crippen molar-refractivity contribution in [1.29, 1.82) is 0 Å². The van der Waals surface area contributed by atoms with Crippen LogP contribution in [-0.2, 0) is 0 Å². The van der Waals surface area contributed by atoms with Gasteiger partial charge in [-0.2, -0.15) is 0 Å². The normalized spacial score (nSPS) is 12.3. The number of benzene rings is 9. The first-order chi connectivity index (χ1) is 27.8. The van der Waals surface area contributed by atoms with Crippen LogP contribution in [0.2, 0.25) is 0 Å². The number of aromatic nitrogens is 2. The average Bonchev–Trinajstić information content (AvgIpc) is 3.89. The molecule has 4 heterocycles. The van der Waals surface area contributed by atoms with Gasteiger partial charge in [0.1, 0.15) is 11.2 Å². The maximum absolute atomic E-state index is 6.24. The van der Waals surface area contributed by atoms with Crippen LogP contribution in [-0.4, -0.2) is 8.97 Å². The molecule has 0 aliphatic heterocycles. The highest BCUT2D eigenvalue weighted by Crippen LogP contribution is 2.45. The first kappa shape index (κ1) is 29.8. The number of anilines is 3. The summed E-state index contributed by atoms with van der Waals surface area (Å²) in [5, 5.41) is 12.3. The number of fused-ring (bicyclic) bond motifs is 10. The first-order valence-corrected chi connectivity index (χ1v) is 19.2. The van der Waals surface area contributed by atoms with E-state index in [9.17, 15) is 0 Å². The first-order valence-electron chi connectivity index (χ1n) is 19.2. The fourth-order valence-corrected chi connectivity index (χ4v) is 9.74. The lowest BCUT2D eigenvalue weighted by atomic mass is 10.0. The third kappa shape index (κ3) is 3.92. The molecule has 0 radical (unpaired) electrons. The molecule has 0 saturated carbocycles. The van der Waals surface area contributed by atoms with Gasteiger partial charge in [0.15, 0.2) is 0 Å². The highest BCUT2D eigenvalue weighted by Gasteiger charge is 2.23. The Labute approximate surface area is 320 Å². The minimum atomic E-state index is 0.911. The highest BCUT2D eigenvalue weighted by molar-refractivity contribution is 6.31. The molecule has 13 aromatic rings. The van der Waals surface area contributed by atoms with E-state index in [1.807, 2.05) is 12.1 Å². The van der Waals surface area contributed by atoms with E-state index in [0.29, 0.717) is 0 Å². The molecule has 0 saturated heterocycles. The van der Waals surface area contributed by atoms with Gasteiger partial charge in [0, 0.05) is 60.5 Å². The Morgan fingerprint density at radius 2 is 1.00 bits per heavy atom. The van der Waals surface area contributed by atoms with Gasteiger partial charge < -0.3 is 18.3 Å². The minimum absolute atomic E-state index is 0.911. The molecule has 13 rings (SSSR count). The predicted molar refractivity (Wildman–Crippen MR) is 235 cm³/mol. The predicted octanol–water partition coefficient (Wildman–Crippen LogP) is 14.5. The lowest BCUT2D eigenvalue weighted by Crippen LogP contribution is -2.10. The van der Waals surface area contributed by atoms with Crippen molar-refractivity contribution in [2.75, 3.05) is 4.90 Å². The van der Waals surface area contributed by atoms with Crippen molar-refractivity contribution in [2.24, 2.45) is 0 Å². The summed E-state index contributed by atoms with van der Waals surface area (Å²) in [5.74, 6) is 0. The number of nitrogens with zero attached hydrogens (tertiary/aromatic N) is 3. The summed E-state index contributed by atoms with van der Waals surface area (Å²) < 4.78 is 11.2. The number of para-hydroxylation sites is 4. The third-order valence-electron chi connectivity index (χ3n) is 12.0. The Bertz CT molecular complexity index is 3720. The molecule has 4 nitrogen and oxygen atoms in total. The summed E-state index contributed by atoms with van der Waals surface area (Å²) in [6, 6.07) is 68.3. The van der Waals surface area contributed by atoms with Gasteiger partial charge in [-0.3, -0.25) is 0 Å². The largest absolute Gasteiger partial charge is 0.456 e. The molecule has 0 unspecified atom stereocenters. The Morgan fingerprint density at radius 1 is 0.357 bits per heavy atom. The van der Waals surface area contributed by atoms with E-state index in [1.54, 1.807) is 0 Å². The van der Waals surface area contributed by atoms with Crippen LogP contribution < -0.4 is 4.90 Å². The van der Waals surface area contributed by atoms with Crippen LogP contribution in [0.25, 0.3) is 98.3 Å². The highest BCUT2D eigenvalue weighted by atomic mass is 16.3. The van der Waals surface area contributed by atoms with Gasteiger partial charge in [-0.05, 0) is 95.0 Å². The van der Waals surface area contributed by atoms with Crippen molar-refractivity contribution >= 4 is 110 Å². The van der Waals surface area contributed by atoms with Gasteiger partial charge in [0.25, 0.3) is 0 Å². The maximum Gasteiger partial charge on any atom is 0.136 e. The molecule has 0 spiro atoms. The van der Waals surface area contributed by atoms with Gasteiger partial charge in [-0.25, -0.2) is 0 Å². The molecule has 0 bridgehead atoms. The maximum atomic E-state index is 6.24. The SMILES string of the molecule is c1ccc(N(c2cccc(-n3c4cccc5c6cccc7c8ccccc8n(c8cccc3c8c54)c67)c2)c2ccc3c(ccc4oc5ccccc5c43)c2)cc1. The molecular formula is C52H31N3O. The summed E-state index contributed by atoms with van der Waals surface area (Å²) in [5.41, 5.74) is 12.3. The molecule has 0 fully saturated rings. The molecule has 260 valence electrons. The van der Waals surface area contributed by atoms with Crippen molar-refractivity contribution in [3.63, 3.8) is 0 Å². The smallest absolute Gasteiger partial charge is 0.136 e. The molecule has 0 N–H and O–H groups in total. The summed E-state index contributed by atoms with van der Waals surface area (Å²) in [7, 11) is 0. The number of hydrogen-bond donors (Lipinski definition) is 0. The van der Waals surface area contributed by atoms with Crippen molar-refractivity contribution < 1.29 is 4.42 Å². The van der Waals surface area contributed by atoms with Crippen molar-refractivity contribution in [1.82, 2.24) is 8.97 Å². The minimum Gasteiger partial charge on any atom is -0.456 e. The van der Waals surface area contributed by atoms with E-state index < -0.39 is 0 Å². The summed E-state index contributed by atoms with van der Waals surface area (Å²) >= 11 is 0. The molecular weight excluding hydrogens is 683 g/mol. The lowest BCUT2D eigenvalue weighted by molar-refractivity contribution is 0.669. The number of rotatable bonds is 4. The van der Waals surface area contributed by atoms with E-state index in [1.165, 1.54) is 70.7 Å². The van der Waals surface area contributed by atoms with Gasteiger partial charge >= 0.3 is 0 Å². The van der Waals surface area contributed by atoms with Gasteiger partial charge in [0.2, 0.25) is 0 Å². The van der Waals surface area contributed by atoms with Gasteiger partial charge in [0.05, 0.1) is 27.6 Å². The molecule has 0 atom stereocenters. The molecule has 0 aliphatic carbocycles. The van der Waals surface area contributed by atoms with E-state index in [4.69, 9.17) is 4.42 Å². The third-order valence-corrected chi connectivity index (χ3v) is 12.0. The molecule has 4 heteroatoms. The summed E-state index contributed by atoms with van der Waals surface area (Å²) in [6.07, 6.45) is 0. The standard InChI is InChI=1S/C52H31N3O/c1-2-12-33(13-3-1)53(36-27-28-37-32(30-36)26-29-48-49(37)42-17-5-7-25-47(42)56-48)34-14-8-15-35(31-34)54-44-22-10-18-39-41-20-9-19-40-38-16-4-6-21-43(38)55(52(40)41)46-24-11-23-45(54)51(46)50(39)44/h1-31H. The molecule has 56 heavy (non-hydrogen) atoms. The summed E-state index contributed by atoms with van der Waals surface area (Å²) in [4.78, 5) is 2.37. The zero-order valence-electron chi connectivity index (χ0n) is 30.1. The Kier molecular flexibility index (Phi) is 5.86. The van der Waals surface area contributed by atoms with E-state index in [2.05, 4.69) is 190 Å². The van der Waals surface area contributed by atoms with E-state index in [-0.39, 0.29) is 0 Å². The fourth-order valence-electron chi connectivity index (χ4n) is 9.74. The van der Waals surface area contributed by atoms with Gasteiger partial charge in [-0.1, -0.05) is 109 Å². The van der Waals surface area contributed by atoms with Crippen LogP contribution >= 0.6 is 0 Å². The van der Waals surface area contributed by atoms with Crippen molar-refractivity contribution in [3.05, 3.63) is 188 Å². The zero-order chi connectivity index (χ0) is 36.5. The van der Waals surface area contributed by atoms with Crippen molar-refractivity contribution in [2.45, 2.75) is 0 Å². The van der Waals surface area contributed by atoms with E-state index >= 15 is 0 Å². The van der Waals surface area contributed by atoms with Crippen LogP contribution in [0.15, 0.2) is 192 Å². The van der Waals surface area contributed by atoms with Crippen LogP contribution in [0.4, 0.5) is 17.1 Å². The lowest BCUT2D eigenvalue weighted by Gasteiger charge is -2.26.